The third-order valence-electron chi connectivity index (χ3n) is 3.25. The van der Waals surface area contributed by atoms with Gasteiger partial charge in [-0.2, -0.15) is 0 Å². The van der Waals surface area contributed by atoms with Crippen LogP contribution in [0.2, 0.25) is 0 Å². The van der Waals surface area contributed by atoms with E-state index in [4.69, 9.17) is 0 Å². The molecule has 0 aliphatic rings. The molecule has 0 N–H and O–H groups in total. The summed E-state index contributed by atoms with van der Waals surface area (Å²) in [5, 5.41) is 21.3. The summed E-state index contributed by atoms with van der Waals surface area (Å²) in [4.78, 5) is 32.3. The second kappa shape index (κ2) is 8.21. The first kappa shape index (κ1) is 17.6. The maximum atomic E-state index is 12.1. The molecule has 0 heterocycles. The summed E-state index contributed by atoms with van der Waals surface area (Å²) in [5.74, 6) is 0.532. The van der Waals surface area contributed by atoms with E-state index < -0.39 is 26.3 Å². The van der Waals surface area contributed by atoms with Gasteiger partial charge in [0.25, 0.3) is 11.4 Å². The molecular formula is C16H14N2O5S. The van der Waals surface area contributed by atoms with Crippen LogP contribution in [0.15, 0.2) is 48.5 Å². The Morgan fingerprint density at radius 2 is 1.54 bits per heavy atom. The number of thioether (sulfide) groups is 1. The smallest absolute Gasteiger partial charge is 0.277 e. The first-order chi connectivity index (χ1) is 11.5. The highest BCUT2D eigenvalue weighted by Crippen LogP contribution is 2.25. The fraction of sp³-hybridized carbons (Fsp3) is 0.188. The van der Waals surface area contributed by atoms with Crippen LogP contribution in [0.25, 0.3) is 0 Å². The summed E-state index contributed by atoms with van der Waals surface area (Å²) < 4.78 is 0. The van der Waals surface area contributed by atoms with Gasteiger partial charge in [0.2, 0.25) is 5.12 Å². The minimum atomic E-state index is -0.746. The molecule has 2 aromatic rings. The van der Waals surface area contributed by atoms with Crippen LogP contribution >= 0.6 is 11.8 Å². The minimum absolute atomic E-state index is 0.0272. The number of hydrogen-bond acceptors (Lipinski definition) is 6. The largest absolute Gasteiger partial charge is 0.282 e. The van der Waals surface area contributed by atoms with Crippen molar-refractivity contribution < 1.29 is 14.6 Å². The number of benzene rings is 2. The lowest BCUT2D eigenvalue weighted by molar-refractivity contribution is -0.394. The van der Waals surface area contributed by atoms with Crippen molar-refractivity contribution in [2.24, 2.45) is 0 Å². The second-order valence-corrected chi connectivity index (χ2v) is 6.05. The topological polar surface area (TPSA) is 103 Å². The second-order valence-electron chi connectivity index (χ2n) is 4.98. The summed E-state index contributed by atoms with van der Waals surface area (Å²) in [5.41, 5.74) is 0.215. The van der Waals surface area contributed by atoms with E-state index in [1.165, 1.54) is 0 Å². The Morgan fingerprint density at radius 3 is 2.08 bits per heavy atom. The molecule has 2 aromatic carbocycles. The van der Waals surface area contributed by atoms with E-state index in [1.807, 2.05) is 30.3 Å². The van der Waals surface area contributed by atoms with Gasteiger partial charge in [-0.1, -0.05) is 42.1 Å². The molecule has 0 amide bonds. The highest BCUT2D eigenvalue weighted by Gasteiger charge is 2.19. The average molecular weight is 346 g/mol. The van der Waals surface area contributed by atoms with Gasteiger partial charge in [0.05, 0.1) is 15.9 Å². The Kier molecular flexibility index (Phi) is 6.02. The van der Waals surface area contributed by atoms with E-state index in [2.05, 4.69) is 0 Å². The van der Waals surface area contributed by atoms with Crippen molar-refractivity contribution in [2.45, 2.75) is 12.8 Å². The number of hydrogen-bond donors (Lipinski definition) is 0. The lowest BCUT2D eigenvalue weighted by Gasteiger charge is -2.03. The predicted octanol–water partition coefficient (Wildman–Crippen LogP) is 4.01. The molecule has 0 aromatic heterocycles. The van der Waals surface area contributed by atoms with Gasteiger partial charge >= 0.3 is 0 Å². The normalized spacial score (nSPS) is 10.3. The van der Waals surface area contributed by atoms with Crippen molar-refractivity contribution in [3.63, 3.8) is 0 Å². The molecule has 0 fully saturated rings. The van der Waals surface area contributed by atoms with Gasteiger partial charge in [0.1, 0.15) is 0 Å². The Labute approximate surface area is 142 Å². The summed E-state index contributed by atoms with van der Waals surface area (Å²) in [7, 11) is 0. The first-order valence-corrected chi connectivity index (χ1v) is 8.11. The number of carbonyl (C=O) groups excluding carboxylic acids is 1. The fourth-order valence-corrected chi connectivity index (χ4v) is 2.85. The summed E-state index contributed by atoms with van der Waals surface area (Å²) >= 11 is 1.01. The Bertz CT molecular complexity index is 732. The first-order valence-electron chi connectivity index (χ1n) is 7.12. The van der Waals surface area contributed by atoms with Crippen LogP contribution < -0.4 is 0 Å². The van der Waals surface area contributed by atoms with Gasteiger partial charge in [0.15, 0.2) is 0 Å². The molecule has 0 unspecified atom stereocenters. The monoisotopic (exact) mass is 346 g/mol. The van der Waals surface area contributed by atoms with Crippen molar-refractivity contribution in [3.8, 4) is 0 Å². The van der Waals surface area contributed by atoms with Gasteiger partial charge in [0, 0.05) is 23.4 Å². The van der Waals surface area contributed by atoms with E-state index in [0.717, 1.165) is 48.4 Å². The Hall–Kier alpha value is -2.74. The number of nitro groups is 2. The van der Waals surface area contributed by atoms with Crippen LogP contribution in [0, 0.1) is 20.2 Å². The van der Waals surface area contributed by atoms with Crippen LogP contribution in [-0.2, 0) is 6.42 Å². The molecule has 0 aliphatic heterocycles. The van der Waals surface area contributed by atoms with Crippen molar-refractivity contribution in [1.82, 2.24) is 0 Å². The van der Waals surface area contributed by atoms with Crippen molar-refractivity contribution in [2.75, 3.05) is 5.75 Å². The number of nitro benzene ring substituents is 2. The molecule has 0 bridgehead atoms. The maximum absolute atomic E-state index is 12.1. The van der Waals surface area contributed by atoms with Crippen molar-refractivity contribution >= 4 is 28.3 Å². The zero-order valence-corrected chi connectivity index (χ0v) is 13.4. The molecule has 0 saturated carbocycles. The van der Waals surface area contributed by atoms with Crippen molar-refractivity contribution in [1.29, 1.82) is 0 Å². The van der Waals surface area contributed by atoms with E-state index in [9.17, 15) is 25.0 Å². The van der Waals surface area contributed by atoms with Crippen LogP contribution in [-0.4, -0.2) is 20.7 Å². The Balaban J connectivity index is 1.98. The zero-order valence-electron chi connectivity index (χ0n) is 12.6. The van der Waals surface area contributed by atoms with Gasteiger partial charge in [-0.25, -0.2) is 0 Å². The molecule has 2 rings (SSSR count). The molecule has 0 aliphatic carbocycles. The average Bonchev–Trinajstić information content (AvgIpc) is 2.59. The highest BCUT2D eigenvalue weighted by molar-refractivity contribution is 8.14. The van der Waals surface area contributed by atoms with Crippen LogP contribution in [0.1, 0.15) is 22.3 Å². The molecule has 0 atom stereocenters. The number of nitrogens with zero attached hydrogens (tertiary/aromatic N) is 2. The van der Waals surface area contributed by atoms with E-state index in [-0.39, 0.29) is 5.56 Å². The summed E-state index contributed by atoms with van der Waals surface area (Å²) in [6, 6.07) is 12.8. The number of rotatable bonds is 7. The SMILES string of the molecule is O=C(SCCCc1ccccc1)c1cc([N+](=O)[O-])cc([N+](=O)[O-])c1. The number of non-ortho nitro benzene ring substituents is 2. The lowest BCUT2D eigenvalue weighted by atomic mass is 10.1. The highest BCUT2D eigenvalue weighted by atomic mass is 32.2. The van der Waals surface area contributed by atoms with Crippen LogP contribution in [0.5, 0.6) is 0 Å². The third-order valence-corrected chi connectivity index (χ3v) is 4.24. The molecule has 8 heteroatoms. The minimum Gasteiger partial charge on any atom is -0.282 e. The van der Waals surface area contributed by atoms with Crippen LogP contribution in [0.4, 0.5) is 11.4 Å². The third kappa shape index (κ3) is 4.88. The van der Waals surface area contributed by atoms with E-state index >= 15 is 0 Å². The zero-order chi connectivity index (χ0) is 17.5. The Morgan fingerprint density at radius 1 is 0.958 bits per heavy atom. The quantitative estimate of drug-likeness (QED) is 0.426. The summed E-state index contributed by atoms with van der Waals surface area (Å²) in [6.07, 6.45) is 1.58. The summed E-state index contributed by atoms with van der Waals surface area (Å²) in [6.45, 7) is 0. The van der Waals surface area contributed by atoms with E-state index in [1.54, 1.807) is 0 Å². The van der Waals surface area contributed by atoms with Crippen molar-refractivity contribution in [3.05, 3.63) is 79.9 Å². The molecule has 0 spiro atoms. The molecule has 0 radical (unpaired) electrons. The number of carbonyl (C=O) groups is 1. The fourth-order valence-electron chi connectivity index (χ4n) is 2.09. The van der Waals surface area contributed by atoms with Crippen LogP contribution in [0.3, 0.4) is 0 Å². The van der Waals surface area contributed by atoms with Gasteiger partial charge in [-0.05, 0) is 18.4 Å². The number of aryl methyl sites for hydroxylation is 1. The molecular weight excluding hydrogens is 332 g/mol. The standard InChI is InChI=1S/C16H14N2O5S/c19-16(24-8-4-7-12-5-2-1-3-6-12)13-9-14(17(20)21)11-15(10-13)18(22)23/h1-3,5-6,9-11H,4,7-8H2. The molecule has 124 valence electrons. The molecule has 7 nitrogen and oxygen atoms in total. The lowest BCUT2D eigenvalue weighted by Crippen LogP contribution is -2.00. The van der Waals surface area contributed by atoms with Gasteiger partial charge in [-0.3, -0.25) is 25.0 Å². The van der Waals surface area contributed by atoms with E-state index in [0.29, 0.717) is 5.75 Å². The van der Waals surface area contributed by atoms with Gasteiger partial charge < -0.3 is 0 Å². The maximum Gasteiger partial charge on any atom is 0.277 e. The predicted molar refractivity (Wildman–Crippen MR) is 91.3 cm³/mol. The molecule has 24 heavy (non-hydrogen) atoms. The molecule has 0 saturated heterocycles. The van der Waals surface area contributed by atoms with Gasteiger partial charge in [-0.15, -0.1) is 0 Å².